The number of likely N-dealkylation sites (tertiary alicyclic amines) is 2. The SMILES string of the molecule is CC(C)(C)OC(=O)N1CCC[C@@H](C=O)C1.COCCCNc1nc(OC)ccc1[N+](=O)[O-].COCCCn1c(C2CCCN(C(=O)OC(C)(C)C)C2)nc2ccc(OC)nc21. The normalized spacial score (nSPS) is 16.6. The Kier molecular flexibility index (Phi) is 19.9. The molecule has 2 amide bonds. The summed E-state index contributed by atoms with van der Waals surface area (Å²) in [6, 6.07) is 6.58. The first-order chi connectivity index (χ1) is 28.9. The number of rotatable bonds is 14. The van der Waals surface area contributed by atoms with Gasteiger partial charge in [-0.05, 0) is 86.1 Å². The van der Waals surface area contributed by atoms with Gasteiger partial charge < -0.3 is 52.9 Å². The first kappa shape index (κ1) is 50.1. The Morgan fingerprint density at radius 2 is 1.39 bits per heavy atom. The van der Waals surface area contributed by atoms with E-state index in [0.29, 0.717) is 57.7 Å². The molecule has 2 atom stereocenters. The molecule has 0 spiro atoms. The number of hydrogen-bond acceptors (Lipinski definition) is 15. The zero-order chi connectivity index (χ0) is 45.2. The molecular formula is C42H66N8O11. The Hall–Kier alpha value is -5.30. The number of methoxy groups -OCH3 is 4. The number of piperidine rings is 2. The van der Waals surface area contributed by atoms with Gasteiger partial charge in [0.15, 0.2) is 5.65 Å². The lowest BCUT2D eigenvalue weighted by molar-refractivity contribution is -0.384. The van der Waals surface area contributed by atoms with Crippen LogP contribution in [-0.2, 0) is 30.3 Å². The van der Waals surface area contributed by atoms with Crippen LogP contribution in [0.2, 0.25) is 0 Å². The highest BCUT2D eigenvalue weighted by molar-refractivity contribution is 5.73. The molecule has 3 aromatic rings. The van der Waals surface area contributed by atoms with Crippen molar-refractivity contribution in [3.8, 4) is 11.8 Å². The van der Waals surface area contributed by atoms with Crippen molar-refractivity contribution in [2.75, 3.05) is 79.7 Å². The molecule has 2 saturated heterocycles. The summed E-state index contributed by atoms with van der Waals surface area (Å²) in [7, 11) is 6.38. The highest BCUT2D eigenvalue weighted by atomic mass is 16.6. The molecule has 2 aliphatic rings. The van der Waals surface area contributed by atoms with E-state index in [1.54, 1.807) is 31.1 Å². The van der Waals surface area contributed by atoms with Crippen LogP contribution in [0.5, 0.6) is 11.8 Å². The van der Waals surface area contributed by atoms with Gasteiger partial charge in [-0.1, -0.05) is 0 Å². The second-order valence-electron chi connectivity index (χ2n) is 16.6. The molecule has 1 N–H and O–H groups in total. The molecule has 0 aromatic carbocycles. The van der Waals surface area contributed by atoms with Gasteiger partial charge in [0.2, 0.25) is 17.6 Å². The molecule has 0 bridgehead atoms. The number of aryl methyl sites for hydroxylation is 1. The molecule has 0 aliphatic carbocycles. The monoisotopic (exact) mass is 858 g/mol. The third-order valence-corrected chi connectivity index (χ3v) is 9.35. The molecule has 19 heteroatoms. The van der Waals surface area contributed by atoms with Crippen LogP contribution in [0, 0.1) is 16.0 Å². The summed E-state index contributed by atoms with van der Waals surface area (Å²) < 4.78 is 33.3. The zero-order valence-corrected chi connectivity index (χ0v) is 37.6. The summed E-state index contributed by atoms with van der Waals surface area (Å²) in [6.07, 6.45) is 5.61. The van der Waals surface area contributed by atoms with E-state index in [-0.39, 0.29) is 35.5 Å². The van der Waals surface area contributed by atoms with E-state index in [9.17, 15) is 24.5 Å². The largest absolute Gasteiger partial charge is 0.481 e. The predicted octanol–water partition coefficient (Wildman–Crippen LogP) is 6.87. The smallest absolute Gasteiger partial charge is 0.410 e. The molecule has 5 heterocycles. The van der Waals surface area contributed by atoms with Gasteiger partial charge in [0.1, 0.15) is 28.8 Å². The third-order valence-electron chi connectivity index (χ3n) is 9.35. The van der Waals surface area contributed by atoms with Crippen LogP contribution in [0.3, 0.4) is 0 Å². The van der Waals surface area contributed by atoms with E-state index in [4.69, 9.17) is 33.4 Å². The summed E-state index contributed by atoms with van der Waals surface area (Å²) in [5, 5.41) is 13.7. The Labute approximate surface area is 358 Å². The third kappa shape index (κ3) is 16.6. The van der Waals surface area contributed by atoms with Gasteiger partial charge in [-0.25, -0.2) is 14.6 Å². The van der Waals surface area contributed by atoms with Gasteiger partial charge in [0, 0.05) is 96.7 Å². The standard InChI is InChI=1S/C21H32N4O4.C11H19NO3.C10H15N3O4/c1-21(2,3)29-20(26)24-11-6-8-15(14-24)18-22-16-9-10-17(28-5)23-19(16)25(18)12-7-13-27-4;1-11(2,3)15-10(14)12-6-4-5-9(7-12)8-13;1-16-7-3-6-11-10-8(13(14)15)4-5-9(12-10)17-2/h9-10,15H,6-8,11-14H2,1-5H3;8-9H,4-7H2,1-3H3;4-5H,3,6-7H2,1-2H3,(H,11,12)/t;9-;/m.1./s1. The lowest BCUT2D eigenvalue weighted by Crippen LogP contribution is -2.43. The van der Waals surface area contributed by atoms with E-state index in [0.717, 1.165) is 68.3 Å². The summed E-state index contributed by atoms with van der Waals surface area (Å²) in [4.78, 5) is 62.1. The number of anilines is 1. The van der Waals surface area contributed by atoms with Crippen LogP contribution in [0.15, 0.2) is 24.3 Å². The maximum Gasteiger partial charge on any atom is 0.410 e. The van der Waals surface area contributed by atoms with E-state index < -0.39 is 16.1 Å². The highest BCUT2D eigenvalue weighted by Gasteiger charge is 2.32. The minimum Gasteiger partial charge on any atom is -0.481 e. The van der Waals surface area contributed by atoms with E-state index >= 15 is 0 Å². The van der Waals surface area contributed by atoms with Crippen molar-refractivity contribution in [2.24, 2.45) is 5.92 Å². The van der Waals surface area contributed by atoms with Gasteiger partial charge >= 0.3 is 17.9 Å². The van der Waals surface area contributed by atoms with Gasteiger partial charge in [-0.3, -0.25) is 10.1 Å². The van der Waals surface area contributed by atoms with Crippen LogP contribution in [-0.4, -0.2) is 138 Å². The van der Waals surface area contributed by atoms with Crippen LogP contribution < -0.4 is 14.8 Å². The number of imidazole rings is 1. The molecule has 0 saturated carbocycles. The number of aldehydes is 1. The van der Waals surface area contributed by atoms with Gasteiger partial charge in [-0.15, -0.1) is 0 Å². The number of nitro groups is 1. The highest BCUT2D eigenvalue weighted by Crippen LogP contribution is 2.31. The predicted molar refractivity (Wildman–Crippen MR) is 229 cm³/mol. The van der Waals surface area contributed by atoms with Gasteiger partial charge in [0.05, 0.1) is 19.1 Å². The molecule has 0 radical (unpaired) electrons. The fourth-order valence-electron chi connectivity index (χ4n) is 6.56. The minimum atomic E-state index is -0.502. The lowest BCUT2D eigenvalue weighted by atomic mass is 9.97. The number of aromatic nitrogens is 4. The van der Waals surface area contributed by atoms with Crippen molar-refractivity contribution in [1.82, 2.24) is 29.3 Å². The van der Waals surface area contributed by atoms with Crippen molar-refractivity contribution in [1.29, 1.82) is 0 Å². The number of carbonyl (C=O) groups excluding carboxylic acids is 3. The number of nitrogens with zero attached hydrogens (tertiary/aromatic N) is 7. The van der Waals surface area contributed by atoms with Crippen LogP contribution in [0.4, 0.5) is 21.1 Å². The second kappa shape index (κ2) is 24.2. The summed E-state index contributed by atoms with van der Waals surface area (Å²) in [5.74, 6) is 2.20. The molecular weight excluding hydrogens is 793 g/mol. The average Bonchev–Trinajstić information content (AvgIpc) is 3.59. The Morgan fingerprint density at radius 3 is 1.97 bits per heavy atom. The van der Waals surface area contributed by atoms with E-state index in [1.807, 2.05) is 53.7 Å². The molecule has 3 aromatic heterocycles. The van der Waals surface area contributed by atoms with Crippen molar-refractivity contribution in [3.63, 3.8) is 0 Å². The van der Waals surface area contributed by atoms with Crippen LogP contribution >= 0.6 is 0 Å². The lowest BCUT2D eigenvalue weighted by Gasteiger charge is -2.34. The number of pyridine rings is 2. The van der Waals surface area contributed by atoms with E-state index in [2.05, 4.69) is 19.9 Å². The number of hydrogen-bond donors (Lipinski definition) is 1. The first-order valence-corrected chi connectivity index (χ1v) is 20.7. The van der Waals surface area contributed by atoms with Gasteiger partial charge in [0.25, 0.3) is 0 Å². The van der Waals surface area contributed by atoms with Crippen molar-refractivity contribution >= 4 is 41.1 Å². The quantitative estimate of drug-likeness (QED) is 0.0758. The summed E-state index contributed by atoms with van der Waals surface area (Å²) in [6.45, 7) is 16.2. The van der Waals surface area contributed by atoms with Crippen LogP contribution in [0.1, 0.15) is 91.8 Å². The summed E-state index contributed by atoms with van der Waals surface area (Å²) in [5.41, 5.74) is 0.615. The maximum absolute atomic E-state index is 12.6. The number of nitrogens with one attached hydrogen (secondary N) is 1. The van der Waals surface area contributed by atoms with Crippen molar-refractivity contribution in [2.45, 2.75) is 104 Å². The Balaban J connectivity index is 0.000000265. The fraction of sp³-hybridized carbons (Fsp3) is 0.667. The Morgan fingerprint density at radius 1 is 0.820 bits per heavy atom. The number of amides is 2. The molecule has 61 heavy (non-hydrogen) atoms. The average molecular weight is 859 g/mol. The fourth-order valence-corrected chi connectivity index (χ4v) is 6.56. The van der Waals surface area contributed by atoms with Crippen LogP contribution in [0.25, 0.3) is 11.2 Å². The molecule has 1 unspecified atom stereocenters. The Bertz CT molecular complexity index is 1860. The molecule has 19 nitrogen and oxygen atoms in total. The maximum atomic E-state index is 12.6. The van der Waals surface area contributed by atoms with E-state index in [1.165, 1.54) is 19.2 Å². The first-order valence-electron chi connectivity index (χ1n) is 20.7. The molecule has 2 aliphatic heterocycles. The minimum absolute atomic E-state index is 0.0220. The second-order valence-corrected chi connectivity index (χ2v) is 16.6. The zero-order valence-electron chi connectivity index (χ0n) is 37.6. The molecule has 5 rings (SSSR count). The topological polar surface area (TPSA) is 212 Å². The molecule has 340 valence electrons. The number of fused-ring (bicyclic) bond motifs is 1. The van der Waals surface area contributed by atoms with Crippen molar-refractivity contribution in [3.05, 3.63) is 40.2 Å². The van der Waals surface area contributed by atoms with Gasteiger partial charge in [-0.2, -0.15) is 9.97 Å². The van der Waals surface area contributed by atoms with Crippen molar-refractivity contribution < 1.29 is 47.7 Å². The molecule has 2 fully saturated rings. The number of ether oxygens (including phenoxy) is 6. The number of carbonyl (C=O) groups is 3. The summed E-state index contributed by atoms with van der Waals surface area (Å²) >= 11 is 0.